The van der Waals surface area contributed by atoms with Gasteiger partial charge in [0.05, 0.1) is 0 Å². The molecule has 0 aromatic heterocycles. The van der Waals surface area contributed by atoms with Crippen molar-refractivity contribution in [1.29, 1.82) is 0 Å². The van der Waals surface area contributed by atoms with Gasteiger partial charge in [-0.25, -0.2) is 4.39 Å². The minimum absolute atomic E-state index is 0.163. The standard InChI is InChI=1S/C16H17BrFN/c1-11-5-3-4-6-12(11)9-16(19-2)14-8-7-13(18)10-15(14)17/h3-8,10,16,19H,9H2,1-2H3. The molecule has 3 heteroatoms. The first-order valence-corrected chi connectivity index (χ1v) is 7.08. The zero-order chi connectivity index (χ0) is 13.8. The van der Waals surface area contributed by atoms with Gasteiger partial charge in [0.1, 0.15) is 5.82 Å². The topological polar surface area (TPSA) is 12.0 Å². The summed E-state index contributed by atoms with van der Waals surface area (Å²) in [5.41, 5.74) is 3.66. The normalized spacial score (nSPS) is 12.4. The van der Waals surface area contributed by atoms with Gasteiger partial charge in [0.15, 0.2) is 0 Å². The van der Waals surface area contributed by atoms with E-state index in [1.165, 1.54) is 23.3 Å². The van der Waals surface area contributed by atoms with Crippen molar-refractivity contribution in [3.63, 3.8) is 0 Å². The van der Waals surface area contributed by atoms with Crippen LogP contribution in [0, 0.1) is 12.7 Å². The first-order valence-electron chi connectivity index (χ1n) is 6.28. The van der Waals surface area contributed by atoms with Crippen molar-refractivity contribution in [3.8, 4) is 0 Å². The average Bonchev–Trinajstić information content (AvgIpc) is 2.39. The van der Waals surface area contributed by atoms with E-state index in [0.717, 1.165) is 16.5 Å². The van der Waals surface area contributed by atoms with Gasteiger partial charge in [-0.1, -0.05) is 46.3 Å². The number of halogens is 2. The predicted molar refractivity (Wildman–Crippen MR) is 80.8 cm³/mol. The summed E-state index contributed by atoms with van der Waals surface area (Å²) in [7, 11) is 1.93. The third kappa shape index (κ3) is 3.43. The summed E-state index contributed by atoms with van der Waals surface area (Å²) >= 11 is 3.44. The molecule has 0 radical (unpaired) electrons. The van der Waals surface area contributed by atoms with Gasteiger partial charge in [-0.2, -0.15) is 0 Å². The summed E-state index contributed by atoms with van der Waals surface area (Å²) in [6.45, 7) is 2.11. The van der Waals surface area contributed by atoms with Gasteiger partial charge in [0.2, 0.25) is 0 Å². The number of rotatable bonds is 4. The molecule has 1 atom stereocenters. The second-order valence-electron chi connectivity index (χ2n) is 4.64. The lowest BCUT2D eigenvalue weighted by atomic mass is 9.96. The largest absolute Gasteiger partial charge is 0.313 e. The van der Waals surface area contributed by atoms with Crippen LogP contribution in [0.3, 0.4) is 0 Å². The summed E-state index contributed by atoms with van der Waals surface area (Å²) in [5, 5.41) is 3.30. The number of likely N-dealkylation sites (N-methyl/N-ethyl adjacent to an activating group) is 1. The number of hydrogen-bond acceptors (Lipinski definition) is 1. The molecule has 2 aromatic rings. The van der Waals surface area contributed by atoms with Gasteiger partial charge in [0.25, 0.3) is 0 Å². The van der Waals surface area contributed by atoms with Crippen molar-refractivity contribution in [2.75, 3.05) is 7.05 Å². The Morgan fingerprint density at radius 1 is 1.21 bits per heavy atom. The Bertz CT molecular complexity index is 568. The molecule has 0 bridgehead atoms. The molecule has 0 amide bonds. The molecular formula is C16H17BrFN. The highest BCUT2D eigenvalue weighted by atomic mass is 79.9. The van der Waals surface area contributed by atoms with Crippen LogP contribution in [0.5, 0.6) is 0 Å². The quantitative estimate of drug-likeness (QED) is 0.880. The van der Waals surface area contributed by atoms with E-state index in [1.807, 2.05) is 19.2 Å². The van der Waals surface area contributed by atoms with E-state index >= 15 is 0 Å². The van der Waals surface area contributed by atoms with Crippen LogP contribution in [-0.4, -0.2) is 7.05 Å². The highest BCUT2D eigenvalue weighted by Crippen LogP contribution is 2.27. The van der Waals surface area contributed by atoms with Gasteiger partial charge in [-0.3, -0.25) is 0 Å². The Kier molecular flexibility index (Phi) is 4.72. The second kappa shape index (κ2) is 6.31. The molecule has 100 valence electrons. The SMILES string of the molecule is CNC(Cc1ccccc1C)c1ccc(F)cc1Br. The molecule has 0 heterocycles. The Labute approximate surface area is 122 Å². The lowest BCUT2D eigenvalue weighted by molar-refractivity contribution is 0.582. The minimum Gasteiger partial charge on any atom is -0.313 e. The monoisotopic (exact) mass is 321 g/mol. The molecule has 0 aliphatic carbocycles. The zero-order valence-corrected chi connectivity index (χ0v) is 12.7. The van der Waals surface area contributed by atoms with Crippen molar-refractivity contribution in [2.45, 2.75) is 19.4 Å². The summed E-state index contributed by atoms with van der Waals surface area (Å²) in [6, 6.07) is 13.4. The molecule has 0 aliphatic heterocycles. The van der Waals surface area contributed by atoms with Gasteiger partial charge < -0.3 is 5.32 Å². The molecule has 1 N–H and O–H groups in total. The zero-order valence-electron chi connectivity index (χ0n) is 11.1. The maximum Gasteiger partial charge on any atom is 0.124 e. The number of hydrogen-bond donors (Lipinski definition) is 1. The smallest absolute Gasteiger partial charge is 0.124 e. The highest BCUT2D eigenvalue weighted by Gasteiger charge is 2.14. The van der Waals surface area contributed by atoms with E-state index in [1.54, 1.807) is 0 Å². The molecule has 19 heavy (non-hydrogen) atoms. The maximum atomic E-state index is 13.2. The first kappa shape index (κ1) is 14.2. The maximum absolute atomic E-state index is 13.2. The highest BCUT2D eigenvalue weighted by molar-refractivity contribution is 9.10. The van der Waals surface area contributed by atoms with E-state index in [2.05, 4.69) is 46.4 Å². The molecule has 1 nitrogen and oxygen atoms in total. The number of aryl methyl sites for hydroxylation is 1. The summed E-state index contributed by atoms with van der Waals surface area (Å²) < 4.78 is 14.0. The van der Waals surface area contributed by atoms with Gasteiger partial charge in [-0.15, -0.1) is 0 Å². The lowest BCUT2D eigenvalue weighted by Gasteiger charge is -2.19. The fraction of sp³-hybridized carbons (Fsp3) is 0.250. The molecule has 2 aromatic carbocycles. The van der Waals surface area contributed by atoms with Crippen LogP contribution in [0.15, 0.2) is 46.9 Å². The van der Waals surface area contributed by atoms with E-state index in [4.69, 9.17) is 0 Å². The molecular weight excluding hydrogens is 305 g/mol. The van der Waals surface area contributed by atoms with Crippen molar-refractivity contribution in [2.24, 2.45) is 0 Å². The third-order valence-corrected chi connectivity index (χ3v) is 4.06. The van der Waals surface area contributed by atoms with Gasteiger partial charge >= 0.3 is 0 Å². The van der Waals surface area contributed by atoms with Crippen LogP contribution in [-0.2, 0) is 6.42 Å². The summed E-state index contributed by atoms with van der Waals surface area (Å²) in [5.74, 6) is -0.221. The molecule has 0 saturated carbocycles. The summed E-state index contributed by atoms with van der Waals surface area (Å²) in [6.07, 6.45) is 0.882. The van der Waals surface area contributed by atoms with Crippen molar-refractivity contribution in [1.82, 2.24) is 5.32 Å². The Balaban J connectivity index is 2.28. The van der Waals surface area contributed by atoms with Gasteiger partial charge in [0, 0.05) is 10.5 Å². The van der Waals surface area contributed by atoms with Crippen LogP contribution in [0.25, 0.3) is 0 Å². The van der Waals surface area contributed by atoms with Crippen molar-refractivity contribution < 1.29 is 4.39 Å². The minimum atomic E-state index is -0.221. The summed E-state index contributed by atoms with van der Waals surface area (Å²) in [4.78, 5) is 0. The lowest BCUT2D eigenvalue weighted by Crippen LogP contribution is -2.19. The van der Waals surface area contributed by atoms with Gasteiger partial charge in [-0.05, 0) is 49.2 Å². The van der Waals surface area contributed by atoms with Crippen LogP contribution < -0.4 is 5.32 Å². The fourth-order valence-electron chi connectivity index (χ4n) is 2.21. The van der Waals surface area contributed by atoms with E-state index in [9.17, 15) is 4.39 Å². The number of benzene rings is 2. The first-order chi connectivity index (χ1) is 9.11. The number of nitrogens with one attached hydrogen (secondary N) is 1. The molecule has 0 fully saturated rings. The average molecular weight is 322 g/mol. The van der Waals surface area contributed by atoms with Crippen LogP contribution in [0.2, 0.25) is 0 Å². The predicted octanol–water partition coefficient (Wildman–Crippen LogP) is 4.40. The van der Waals surface area contributed by atoms with E-state index in [-0.39, 0.29) is 11.9 Å². The Morgan fingerprint density at radius 2 is 1.95 bits per heavy atom. The second-order valence-corrected chi connectivity index (χ2v) is 5.49. The van der Waals surface area contributed by atoms with Crippen LogP contribution in [0.1, 0.15) is 22.7 Å². The van der Waals surface area contributed by atoms with Crippen molar-refractivity contribution >= 4 is 15.9 Å². The molecule has 0 aliphatic rings. The van der Waals surface area contributed by atoms with Crippen molar-refractivity contribution in [3.05, 3.63) is 69.4 Å². The van der Waals surface area contributed by atoms with Crippen LogP contribution in [0.4, 0.5) is 4.39 Å². The van der Waals surface area contributed by atoms with E-state index in [0.29, 0.717) is 0 Å². The van der Waals surface area contributed by atoms with Crippen LogP contribution >= 0.6 is 15.9 Å². The molecule has 0 spiro atoms. The Hall–Kier alpha value is -1.19. The Morgan fingerprint density at radius 3 is 2.58 bits per heavy atom. The third-order valence-electron chi connectivity index (χ3n) is 3.37. The molecule has 2 rings (SSSR count). The molecule has 1 unspecified atom stereocenters. The molecule has 0 saturated heterocycles. The van der Waals surface area contributed by atoms with E-state index < -0.39 is 0 Å². The fourth-order valence-corrected chi connectivity index (χ4v) is 2.84.